The Kier molecular flexibility index (Phi) is 3.72. The van der Waals surface area contributed by atoms with Gasteiger partial charge in [0.05, 0.1) is 23.6 Å². The molecule has 0 bridgehead atoms. The third-order valence-electron chi connectivity index (χ3n) is 5.26. The second kappa shape index (κ2) is 6.27. The van der Waals surface area contributed by atoms with Crippen LogP contribution in [0.15, 0.2) is 83.4 Å². The fourth-order valence-electron chi connectivity index (χ4n) is 4.02. The molecule has 0 saturated carbocycles. The Balaban J connectivity index is 1.84. The van der Waals surface area contributed by atoms with E-state index in [2.05, 4.69) is 0 Å². The molecular weight excluding hydrogens is 351 g/mol. The second-order valence-electron chi connectivity index (χ2n) is 6.96. The zero-order valence-electron chi connectivity index (χ0n) is 15.3. The van der Waals surface area contributed by atoms with E-state index in [1.807, 2.05) is 54.6 Å². The predicted molar refractivity (Wildman–Crippen MR) is 110 cm³/mol. The molecule has 28 heavy (non-hydrogen) atoms. The Morgan fingerprint density at radius 2 is 1.71 bits per heavy atom. The number of fused-ring (bicyclic) bond motifs is 4. The minimum atomic E-state index is -0.284. The summed E-state index contributed by atoms with van der Waals surface area (Å²) in [6, 6.07) is 22.4. The second-order valence-corrected chi connectivity index (χ2v) is 6.96. The van der Waals surface area contributed by atoms with E-state index >= 15 is 0 Å². The minimum Gasteiger partial charge on any atom is -0.306 e. The number of rotatable bonds is 1. The van der Waals surface area contributed by atoms with Crippen LogP contribution in [0, 0.1) is 5.82 Å². The van der Waals surface area contributed by atoms with Crippen molar-refractivity contribution in [1.82, 2.24) is 0 Å². The van der Waals surface area contributed by atoms with E-state index in [1.54, 1.807) is 24.0 Å². The Morgan fingerprint density at radius 1 is 0.964 bits per heavy atom. The molecule has 0 fully saturated rings. The average molecular weight is 368 g/mol. The molecule has 0 atom stereocenters. The van der Waals surface area contributed by atoms with Gasteiger partial charge in [-0.3, -0.25) is 4.79 Å². The number of aliphatic imine (C=N–C) groups is 1. The number of hydrogen-bond donors (Lipinski definition) is 0. The van der Waals surface area contributed by atoms with Crippen molar-refractivity contribution in [3.63, 3.8) is 0 Å². The van der Waals surface area contributed by atoms with Gasteiger partial charge in [0.25, 0.3) is 0 Å². The monoisotopic (exact) mass is 368 g/mol. The Hall–Kier alpha value is -3.53. The van der Waals surface area contributed by atoms with Crippen molar-refractivity contribution < 1.29 is 9.18 Å². The van der Waals surface area contributed by atoms with E-state index in [-0.39, 0.29) is 11.7 Å². The first-order valence-corrected chi connectivity index (χ1v) is 9.18. The molecule has 0 unspecified atom stereocenters. The van der Waals surface area contributed by atoms with Gasteiger partial charge in [-0.2, -0.15) is 0 Å². The maximum absolute atomic E-state index is 14.1. The number of benzene rings is 3. The van der Waals surface area contributed by atoms with Gasteiger partial charge in [-0.15, -0.1) is 0 Å². The molecule has 0 aromatic heterocycles. The topological polar surface area (TPSA) is 32.7 Å². The molecule has 1 aliphatic carbocycles. The van der Waals surface area contributed by atoms with Crippen LogP contribution >= 0.6 is 0 Å². The molecule has 0 radical (unpaired) electrons. The summed E-state index contributed by atoms with van der Waals surface area (Å²) in [5.74, 6) is -0.334. The van der Waals surface area contributed by atoms with Gasteiger partial charge in [0.15, 0.2) is 0 Å². The fourth-order valence-corrected chi connectivity index (χ4v) is 4.02. The standard InChI is InChI=1S/C24H17FN2O/c1-15(28)27-14-20-23(16-7-3-2-4-8-16)19-13-17(25)11-12-18(19)24(20)26-21-9-5-6-10-22(21)27/h2-13H,14H2,1H3. The molecule has 1 heterocycles. The maximum atomic E-state index is 14.1. The number of halogens is 1. The van der Waals surface area contributed by atoms with Crippen LogP contribution in [0.1, 0.15) is 23.6 Å². The van der Waals surface area contributed by atoms with Crippen molar-refractivity contribution in [2.75, 3.05) is 11.4 Å². The van der Waals surface area contributed by atoms with Crippen LogP contribution < -0.4 is 4.90 Å². The first kappa shape index (κ1) is 16.6. The highest BCUT2D eigenvalue weighted by Crippen LogP contribution is 2.43. The van der Waals surface area contributed by atoms with Gasteiger partial charge in [-0.25, -0.2) is 9.38 Å². The third kappa shape index (κ3) is 2.49. The first-order chi connectivity index (χ1) is 13.6. The molecule has 3 aromatic carbocycles. The number of amides is 1. The summed E-state index contributed by atoms with van der Waals surface area (Å²) in [6.07, 6.45) is 0. The lowest BCUT2D eigenvalue weighted by molar-refractivity contribution is -0.116. The maximum Gasteiger partial charge on any atom is 0.224 e. The fraction of sp³-hybridized carbons (Fsp3) is 0.0833. The highest BCUT2D eigenvalue weighted by Gasteiger charge is 2.33. The average Bonchev–Trinajstić information content (AvgIpc) is 2.88. The molecule has 136 valence electrons. The van der Waals surface area contributed by atoms with Crippen LogP contribution in [-0.4, -0.2) is 18.2 Å². The lowest BCUT2D eigenvalue weighted by atomic mass is 9.97. The normalized spacial score (nSPS) is 14.8. The van der Waals surface area contributed by atoms with Crippen LogP contribution in [0.25, 0.3) is 5.57 Å². The van der Waals surface area contributed by atoms with E-state index in [0.717, 1.165) is 44.9 Å². The van der Waals surface area contributed by atoms with Crippen molar-refractivity contribution >= 4 is 28.6 Å². The van der Waals surface area contributed by atoms with E-state index < -0.39 is 0 Å². The molecule has 5 rings (SSSR count). The minimum absolute atomic E-state index is 0.0500. The summed E-state index contributed by atoms with van der Waals surface area (Å²) < 4.78 is 14.1. The Morgan fingerprint density at radius 3 is 2.50 bits per heavy atom. The van der Waals surface area contributed by atoms with Crippen molar-refractivity contribution in [1.29, 1.82) is 0 Å². The largest absolute Gasteiger partial charge is 0.306 e. The SMILES string of the molecule is CC(=O)N1CC2=C(c3ccccc3)c3cc(F)ccc3C2=Nc2ccccc21. The van der Waals surface area contributed by atoms with Gasteiger partial charge in [0, 0.05) is 18.1 Å². The first-order valence-electron chi connectivity index (χ1n) is 9.18. The van der Waals surface area contributed by atoms with Gasteiger partial charge in [-0.1, -0.05) is 42.5 Å². The number of anilines is 1. The van der Waals surface area contributed by atoms with Gasteiger partial charge >= 0.3 is 0 Å². The smallest absolute Gasteiger partial charge is 0.224 e. The molecule has 3 aromatic rings. The Labute approximate surface area is 162 Å². The van der Waals surface area contributed by atoms with Gasteiger partial charge < -0.3 is 4.90 Å². The van der Waals surface area contributed by atoms with E-state index in [0.29, 0.717) is 6.54 Å². The van der Waals surface area contributed by atoms with Crippen LogP contribution in [0.4, 0.5) is 15.8 Å². The van der Waals surface area contributed by atoms with Crippen LogP contribution in [0.2, 0.25) is 0 Å². The summed E-state index contributed by atoms with van der Waals surface area (Å²) in [5, 5.41) is 0. The lowest BCUT2D eigenvalue weighted by Crippen LogP contribution is -2.31. The highest BCUT2D eigenvalue weighted by atomic mass is 19.1. The summed E-state index contributed by atoms with van der Waals surface area (Å²) in [7, 11) is 0. The van der Waals surface area contributed by atoms with Crippen LogP contribution in [0.3, 0.4) is 0 Å². The van der Waals surface area contributed by atoms with E-state index in [9.17, 15) is 9.18 Å². The molecule has 4 heteroatoms. The predicted octanol–water partition coefficient (Wildman–Crippen LogP) is 5.13. The van der Waals surface area contributed by atoms with Gasteiger partial charge in [0.2, 0.25) is 5.91 Å². The van der Waals surface area contributed by atoms with Crippen LogP contribution in [-0.2, 0) is 4.79 Å². The van der Waals surface area contributed by atoms with Gasteiger partial charge in [-0.05, 0) is 47.0 Å². The Bertz CT molecular complexity index is 1180. The van der Waals surface area contributed by atoms with Crippen molar-refractivity contribution in [2.45, 2.75) is 6.92 Å². The van der Waals surface area contributed by atoms with Crippen LogP contribution in [0.5, 0.6) is 0 Å². The molecular formula is C24H17FN2O. The number of hydrogen-bond acceptors (Lipinski definition) is 2. The van der Waals surface area contributed by atoms with E-state index in [4.69, 9.17) is 4.99 Å². The van der Waals surface area contributed by atoms with Gasteiger partial charge in [0.1, 0.15) is 5.82 Å². The third-order valence-corrected chi connectivity index (χ3v) is 5.26. The highest BCUT2D eigenvalue weighted by molar-refractivity contribution is 6.27. The number of para-hydroxylation sites is 2. The molecule has 1 amide bonds. The quantitative estimate of drug-likeness (QED) is 0.586. The molecule has 0 spiro atoms. The summed E-state index contributed by atoms with van der Waals surface area (Å²) in [5.41, 5.74) is 6.94. The zero-order chi connectivity index (χ0) is 19.3. The van der Waals surface area contributed by atoms with Crippen molar-refractivity contribution in [3.05, 3.63) is 101 Å². The summed E-state index contributed by atoms with van der Waals surface area (Å²) in [4.78, 5) is 19.1. The number of nitrogens with zero attached hydrogens (tertiary/aromatic N) is 2. The summed E-state index contributed by atoms with van der Waals surface area (Å²) in [6.45, 7) is 1.96. The molecule has 0 N–H and O–H groups in total. The lowest BCUT2D eigenvalue weighted by Gasteiger charge is -2.22. The number of carbonyl (C=O) groups excluding carboxylic acids is 1. The zero-order valence-corrected chi connectivity index (χ0v) is 15.3. The molecule has 0 saturated heterocycles. The van der Waals surface area contributed by atoms with E-state index in [1.165, 1.54) is 6.07 Å². The molecule has 1 aliphatic heterocycles. The van der Waals surface area contributed by atoms with Crippen molar-refractivity contribution in [2.24, 2.45) is 4.99 Å². The number of carbonyl (C=O) groups is 1. The molecule has 3 nitrogen and oxygen atoms in total. The molecule has 2 aliphatic rings. The van der Waals surface area contributed by atoms with Crippen molar-refractivity contribution in [3.8, 4) is 0 Å². The summed E-state index contributed by atoms with van der Waals surface area (Å²) >= 11 is 0.